The molecular formula is C19H23N3O. The Kier molecular flexibility index (Phi) is 5.92. The van der Waals surface area contributed by atoms with E-state index in [-0.39, 0.29) is 5.91 Å². The minimum Gasteiger partial charge on any atom is -0.381 e. The lowest BCUT2D eigenvalue weighted by molar-refractivity contribution is 0.0784. The van der Waals surface area contributed by atoms with Crippen molar-refractivity contribution in [2.75, 3.05) is 18.9 Å². The molecule has 0 aliphatic heterocycles. The average Bonchev–Trinajstić information content (AvgIpc) is 2.60. The lowest BCUT2D eigenvalue weighted by Crippen LogP contribution is -2.27. The summed E-state index contributed by atoms with van der Waals surface area (Å²) in [6.45, 7) is 6.89. The number of carbonyl (C=O) groups is 1. The zero-order chi connectivity index (χ0) is 16.7. The number of anilines is 1. The molecule has 0 saturated carbocycles. The molecule has 2 aromatic rings. The number of amides is 1. The van der Waals surface area contributed by atoms with E-state index >= 15 is 0 Å². The Morgan fingerprint density at radius 2 is 2.09 bits per heavy atom. The molecule has 0 radical (unpaired) electrons. The van der Waals surface area contributed by atoms with E-state index in [1.165, 1.54) is 5.56 Å². The number of nitrogens with zero attached hydrogens (tertiary/aromatic N) is 2. The van der Waals surface area contributed by atoms with Crippen LogP contribution < -0.4 is 5.32 Å². The number of pyridine rings is 1. The Hall–Kier alpha value is -2.62. The van der Waals surface area contributed by atoms with Gasteiger partial charge in [-0.2, -0.15) is 0 Å². The second-order valence-electron chi connectivity index (χ2n) is 5.39. The van der Waals surface area contributed by atoms with Crippen LogP contribution in [0.1, 0.15) is 28.5 Å². The third-order valence-electron chi connectivity index (χ3n) is 3.63. The van der Waals surface area contributed by atoms with Crippen LogP contribution >= 0.6 is 0 Å². The highest BCUT2D eigenvalue weighted by atomic mass is 16.2. The number of nitrogens with one attached hydrogen (secondary N) is 1. The Labute approximate surface area is 137 Å². The van der Waals surface area contributed by atoms with E-state index in [0.29, 0.717) is 18.7 Å². The zero-order valence-electron chi connectivity index (χ0n) is 13.7. The number of rotatable bonds is 7. The second kappa shape index (κ2) is 8.13. The molecule has 0 aliphatic rings. The van der Waals surface area contributed by atoms with Crippen LogP contribution in [-0.2, 0) is 13.0 Å². The highest BCUT2D eigenvalue weighted by Crippen LogP contribution is 2.17. The molecule has 1 N–H and O–H groups in total. The summed E-state index contributed by atoms with van der Waals surface area (Å²) in [6.07, 6.45) is 4.60. The van der Waals surface area contributed by atoms with Crippen LogP contribution in [0.3, 0.4) is 0 Å². The fraction of sp³-hybridized carbons (Fsp3) is 0.263. The molecule has 23 heavy (non-hydrogen) atoms. The van der Waals surface area contributed by atoms with E-state index in [1.807, 2.05) is 36.5 Å². The van der Waals surface area contributed by atoms with Gasteiger partial charge in [0.25, 0.3) is 5.91 Å². The van der Waals surface area contributed by atoms with Gasteiger partial charge in [-0.05, 0) is 30.2 Å². The topological polar surface area (TPSA) is 45.2 Å². The standard InChI is InChI=1S/C19H23N3O/c1-4-12-20-18-9-7-6-8-17(18)19(23)22(3)14-16-11-10-15(5-2)13-21-16/h4,6-11,13,20H,1,5,12,14H2,2-3H3. The van der Waals surface area contributed by atoms with Crippen molar-refractivity contribution in [1.29, 1.82) is 0 Å². The minimum absolute atomic E-state index is 0.0291. The van der Waals surface area contributed by atoms with E-state index in [9.17, 15) is 4.79 Å². The van der Waals surface area contributed by atoms with Crippen molar-refractivity contribution in [2.24, 2.45) is 0 Å². The van der Waals surface area contributed by atoms with Gasteiger partial charge in [-0.25, -0.2) is 0 Å². The van der Waals surface area contributed by atoms with Crippen molar-refractivity contribution in [1.82, 2.24) is 9.88 Å². The van der Waals surface area contributed by atoms with Crippen LogP contribution in [0, 0.1) is 0 Å². The molecule has 1 aromatic heterocycles. The largest absolute Gasteiger partial charge is 0.381 e. The first kappa shape index (κ1) is 16.7. The zero-order valence-corrected chi connectivity index (χ0v) is 13.7. The Morgan fingerprint density at radius 1 is 1.30 bits per heavy atom. The van der Waals surface area contributed by atoms with E-state index < -0.39 is 0 Å². The number of aryl methyl sites for hydroxylation is 1. The minimum atomic E-state index is -0.0291. The lowest BCUT2D eigenvalue weighted by atomic mass is 10.1. The average molecular weight is 309 g/mol. The third kappa shape index (κ3) is 4.42. The predicted octanol–water partition coefficient (Wildman–Crippen LogP) is 3.51. The third-order valence-corrected chi connectivity index (χ3v) is 3.63. The predicted molar refractivity (Wildman–Crippen MR) is 94.5 cm³/mol. The second-order valence-corrected chi connectivity index (χ2v) is 5.39. The summed E-state index contributed by atoms with van der Waals surface area (Å²) in [7, 11) is 1.79. The SMILES string of the molecule is C=CCNc1ccccc1C(=O)N(C)Cc1ccc(CC)cn1. The summed E-state index contributed by atoms with van der Waals surface area (Å²) in [6, 6.07) is 11.5. The van der Waals surface area contributed by atoms with Gasteiger partial charge in [-0.1, -0.05) is 31.2 Å². The molecule has 0 saturated heterocycles. The summed E-state index contributed by atoms with van der Waals surface area (Å²) in [5.74, 6) is -0.0291. The van der Waals surface area contributed by atoms with Crippen molar-refractivity contribution < 1.29 is 4.79 Å². The van der Waals surface area contributed by atoms with E-state index in [4.69, 9.17) is 0 Å². The fourth-order valence-corrected chi connectivity index (χ4v) is 2.28. The molecule has 1 heterocycles. The van der Waals surface area contributed by atoms with Gasteiger partial charge in [0.1, 0.15) is 0 Å². The summed E-state index contributed by atoms with van der Waals surface area (Å²) in [5.41, 5.74) is 3.55. The normalized spacial score (nSPS) is 10.2. The Balaban J connectivity index is 2.11. The van der Waals surface area contributed by atoms with Crippen LogP contribution in [0.25, 0.3) is 0 Å². The molecule has 120 valence electrons. The van der Waals surface area contributed by atoms with Crippen molar-refractivity contribution in [3.63, 3.8) is 0 Å². The molecular weight excluding hydrogens is 286 g/mol. The molecule has 0 spiro atoms. The van der Waals surface area contributed by atoms with Gasteiger partial charge in [-0.15, -0.1) is 6.58 Å². The van der Waals surface area contributed by atoms with Gasteiger partial charge in [-0.3, -0.25) is 9.78 Å². The monoisotopic (exact) mass is 309 g/mol. The molecule has 4 nitrogen and oxygen atoms in total. The number of benzene rings is 1. The number of carbonyl (C=O) groups excluding carboxylic acids is 1. The summed E-state index contributed by atoms with van der Waals surface area (Å²) >= 11 is 0. The van der Waals surface area contributed by atoms with Gasteiger partial charge in [0.15, 0.2) is 0 Å². The molecule has 1 aromatic carbocycles. The van der Waals surface area contributed by atoms with E-state index in [1.54, 1.807) is 18.0 Å². The van der Waals surface area contributed by atoms with Gasteiger partial charge in [0.2, 0.25) is 0 Å². The van der Waals surface area contributed by atoms with Crippen LogP contribution in [-0.4, -0.2) is 29.4 Å². The van der Waals surface area contributed by atoms with Gasteiger partial charge in [0.05, 0.1) is 17.8 Å². The highest BCUT2D eigenvalue weighted by Gasteiger charge is 2.15. The van der Waals surface area contributed by atoms with Crippen LogP contribution in [0.4, 0.5) is 5.69 Å². The summed E-state index contributed by atoms with van der Waals surface area (Å²) < 4.78 is 0. The smallest absolute Gasteiger partial charge is 0.256 e. The van der Waals surface area contributed by atoms with Gasteiger partial charge >= 0.3 is 0 Å². The first-order valence-corrected chi connectivity index (χ1v) is 7.78. The summed E-state index contributed by atoms with van der Waals surface area (Å²) in [4.78, 5) is 18.8. The molecule has 4 heteroatoms. The molecule has 1 amide bonds. The maximum atomic E-state index is 12.7. The molecule has 0 fully saturated rings. The quantitative estimate of drug-likeness (QED) is 0.796. The Bertz CT molecular complexity index is 665. The van der Waals surface area contributed by atoms with Crippen molar-refractivity contribution in [3.8, 4) is 0 Å². The van der Waals surface area contributed by atoms with Crippen LogP contribution in [0.5, 0.6) is 0 Å². The van der Waals surface area contributed by atoms with Crippen molar-refractivity contribution in [3.05, 3.63) is 72.1 Å². The highest BCUT2D eigenvalue weighted by molar-refractivity contribution is 5.99. The Morgan fingerprint density at radius 3 is 2.74 bits per heavy atom. The molecule has 0 aliphatic carbocycles. The van der Waals surface area contributed by atoms with Crippen LogP contribution in [0.2, 0.25) is 0 Å². The summed E-state index contributed by atoms with van der Waals surface area (Å²) in [5, 5.41) is 3.20. The number of hydrogen-bond donors (Lipinski definition) is 1. The lowest BCUT2D eigenvalue weighted by Gasteiger charge is -2.19. The maximum absolute atomic E-state index is 12.7. The fourth-order valence-electron chi connectivity index (χ4n) is 2.28. The van der Waals surface area contributed by atoms with E-state index in [0.717, 1.165) is 17.8 Å². The number of aromatic nitrogens is 1. The van der Waals surface area contributed by atoms with Crippen molar-refractivity contribution >= 4 is 11.6 Å². The van der Waals surface area contributed by atoms with E-state index in [2.05, 4.69) is 29.9 Å². The molecule has 0 unspecified atom stereocenters. The maximum Gasteiger partial charge on any atom is 0.256 e. The van der Waals surface area contributed by atoms with Crippen LogP contribution in [0.15, 0.2) is 55.3 Å². The first-order chi connectivity index (χ1) is 11.2. The molecule has 2 rings (SSSR count). The number of hydrogen-bond acceptors (Lipinski definition) is 3. The van der Waals surface area contributed by atoms with Gasteiger partial charge < -0.3 is 10.2 Å². The van der Waals surface area contributed by atoms with Crippen molar-refractivity contribution in [2.45, 2.75) is 19.9 Å². The first-order valence-electron chi connectivity index (χ1n) is 7.78. The molecule has 0 bridgehead atoms. The number of para-hydroxylation sites is 1. The molecule has 0 atom stereocenters. The van der Waals surface area contributed by atoms with Gasteiger partial charge in [0, 0.05) is 25.5 Å².